The van der Waals surface area contributed by atoms with Gasteiger partial charge in [-0.1, -0.05) is 0 Å². The highest BCUT2D eigenvalue weighted by molar-refractivity contribution is 5.92. The van der Waals surface area contributed by atoms with Crippen LogP contribution in [0.15, 0.2) is 30.6 Å². The summed E-state index contributed by atoms with van der Waals surface area (Å²) in [4.78, 5) is 33.0. The van der Waals surface area contributed by atoms with Gasteiger partial charge in [0.15, 0.2) is 0 Å². The topological polar surface area (TPSA) is 102 Å². The molecule has 1 aliphatic rings. The highest BCUT2D eigenvalue weighted by atomic mass is 16.2. The molecule has 1 aliphatic heterocycles. The van der Waals surface area contributed by atoms with Crippen molar-refractivity contribution in [3.63, 3.8) is 0 Å². The molecular formula is C23H28N8O. The lowest BCUT2D eigenvalue weighted by Crippen LogP contribution is -2.38. The summed E-state index contributed by atoms with van der Waals surface area (Å²) in [5, 5.41) is 7.34. The standard InChI is InChI=1S/C23H28N8O/c1-15-11-16(2)26-23(25-15)29-21-12-19(27-17(3)28-21)20-7-5-6-10-31(20)22(32)9-8-18-13-24-30(4)14-18/h8-9,11-14,20H,5-7,10H2,1-4H3,(H,25,26,27,28,29)/b9-8+. The molecule has 1 atom stereocenters. The highest BCUT2D eigenvalue weighted by Crippen LogP contribution is 2.31. The van der Waals surface area contributed by atoms with Crippen LogP contribution in [0.3, 0.4) is 0 Å². The van der Waals surface area contributed by atoms with Gasteiger partial charge < -0.3 is 10.2 Å². The average molecular weight is 433 g/mol. The van der Waals surface area contributed by atoms with Gasteiger partial charge in [0.25, 0.3) is 0 Å². The van der Waals surface area contributed by atoms with E-state index in [1.54, 1.807) is 23.0 Å². The summed E-state index contributed by atoms with van der Waals surface area (Å²) in [6, 6.07) is 3.72. The van der Waals surface area contributed by atoms with Gasteiger partial charge in [0.05, 0.1) is 17.9 Å². The number of amides is 1. The van der Waals surface area contributed by atoms with Crippen LogP contribution in [0.25, 0.3) is 6.08 Å². The molecule has 1 N–H and O–H groups in total. The molecule has 4 heterocycles. The van der Waals surface area contributed by atoms with Crippen molar-refractivity contribution in [2.75, 3.05) is 11.9 Å². The molecule has 1 saturated heterocycles. The Morgan fingerprint density at radius 3 is 2.59 bits per heavy atom. The van der Waals surface area contributed by atoms with Crippen molar-refractivity contribution in [2.24, 2.45) is 7.05 Å². The van der Waals surface area contributed by atoms with Gasteiger partial charge in [-0.2, -0.15) is 5.10 Å². The number of aryl methyl sites for hydroxylation is 4. The van der Waals surface area contributed by atoms with Crippen molar-refractivity contribution in [1.29, 1.82) is 0 Å². The second-order valence-electron chi connectivity index (χ2n) is 8.15. The van der Waals surface area contributed by atoms with Crippen molar-refractivity contribution >= 4 is 23.7 Å². The zero-order chi connectivity index (χ0) is 22.7. The Labute approximate surface area is 187 Å². The molecule has 0 bridgehead atoms. The number of nitrogens with zero attached hydrogens (tertiary/aromatic N) is 7. The Morgan fingerprint density at radius 2 is 1.88 bits per heavy atom. The number of nitrogens with one attached hydrogen (secondary N) is 1. The lowest BCUT2D eigenvalue weighted by molar-refractivity contribution is -0.129. The maximum absolute atomic E-state index is 13.0. The van der Waals surface area contributed by atoms with Crippen molar-refractivity contribution < 1.29 is 4.79 Å². The maximum Gasteiger partial charge on any atom is 0.247 e. The summed E-state index contributed by atoms with van der Waals surface area (Å²) in [5.41, 5.74) is 3.49. The van der Waals surface area contributed by atoms with Gasteiger partial charge in [0.2, 0.25) is 11.9 Å². The Kier molecular flexibility index (Phi) is 6.25. The number of piperidine rings is 1. The summed E-state index contributed by atoms with van der Waals surface area (Å²) in [6.45, 7) is 6.42. The summed E-state index contributed by atoms with van der Waals surface area (Å²) < 4.78 is 1.71. The lowest BCUT2D eigenvalue weighted by Gasteiger charge is -2.35. The molecule has 0 spiro atoms. The summed E-state index contributed by atoms with van der Waals surface area (Å²) in [6.07, 6.45) is 9.92. The van der Waals surface area contributed by atoms with Gasteiger partial charge in [-0.3, -0.25) is 9.48 Å². The van der Waals surface area contributed by atoms with Crippen molar-refractivity contribution in [3.8, 4) is 0 Å². The van der Waals surface area contributed by atoms with Gasteiger partial charge in [0.1, 0.15) is 11.6 Å². The Bertz CT molecular complexity index is 1130. The number of carbonyl (C=O) groups is 1. The van der Waals surface area contributed by atoms with Crippen LogP contribution in [-0.2, 0) is 11.8 Å². The Hall–Kier alpha value is -3.62. The van der Waals surface area contributed by atoms with Gasteiger partial charge in [0, 0.05) is 48.9 Å². The molecule has 0 aliphatic carbocycles. The van der Waals surface area contributed by atoms with Crippen molar-refractivity contribution in [3.05, 3.63) is 59.1 Å². The fourth-order valence-corrected chi connectivity index (χ4v) is 4.01. The van der Waals surface area contributed by atoms with Crippen molar-refractivity contribution in [2.45, 2.75) is 46.1 Å². The van der Waals surface area contributed by atoms with Gasteiger partial charge in [-0.15, -0.1) is 0 Å². The molecule has 9 heteroatoms. The second-order valence-corrected chi connectivity index (χ2v) is 8.15. The van der Waals surface area contributed by atoms with Crippen LogP contribution in [0, 0.1) is 20.8 Å². The number of carbonyl (C=O) groups excluding carboxylic acids is 1. The normalized spacial score (nSPS) is 16.5. The van der Waals surface area contributed by atoms with Gasteiger partial charge in [-0.25, -0.2) is 19.9 Å². The van der Waals surface area contributed by atoms with E-state index in [0.29, 0.717) is 24.1 Å². The van der Waals surface area contributed by atoms with Crippen LogP contribution in [0.1, 0.15) is 53.8 Å². The first-order valence-electron chi connectivity index (χ1n) is 10.8. The average Bonchev–Trinajstić information content (AvgIpc) is 3.16. The number of aromatic nitrogens is 6. The maximum atomic E-state index is 13.0. The highest BCUT2D eigenvalue weighted by Gasteiger charge is 2.28. The zero-order valence-corrected chi connectivity index (χ0v) is 18.9. The van der Waals surface area contributed by atoms with Crippen LogP contribution in [0.5, 0.6) is 0 Å². The number of rotatable bonds is 5. The Balaban J connectivity index is 1.57. The number of hydrogen-bond donors (Lipinski definition) is 1. The zero-order valence-electron chi connectivity index (χ0n) is 18.9. The van der Waals surface area contributed by atoms with Gasteiger partial charge in [-0.05, 0) is 52.2 Å². The van der Waals surface area contributed by atoms with E-state index in [1.807, 2.05) is 51.0 Å². The number of hydrogen-bond acceptors (Lipinski definition) is 7. The fourth-order valence-electron chi connectivity index (χ4n) is 4.01. The first-order valence-corrected chi connectivity index (χ1v) is 10.8. The number of anilines is 2. The van der Waals surface area contributed by atoms with E-state index in [-0.39, 0.29) is 11.9 Å². The summed E-state index contributed by atoms with van der Waals surface area (Å²) in [7, 11) is 1.85. The molecule has 1 unspecified atom stereocenters. The monoisotopic (exact) mass is 432 g/mol. The third-order valence-corrected chi connectivity index (χ3v) is 5.35. The molecule has 9 nitrogen and oxygen atoms in total. The van der Waals surface area contributed by atoms with Crippen LogP contribution >= 0.6 is 0 Å². The lowest BCUT2D eigenvalue weighted by atomic mass is 9.98. The van der Waals surface area contributed by atoms with E-state index < -0.39 is 0 Å². The van der Waals surface area contributed by atoms with Crippen molar-refractivity contribution in [1.82, 2.24) is 34.6 Å². The minimum absolute atomic E-state index is 0.0260. The van der Waals surface area contributed by atoms with Crippen LogP contribution < -0.4 is 5.32 Å². The SMILES string of the molecule is Cc1cc(C)nc(Nc2cc(C3CCCCN3C(=O)/C=C/c3cnn(C)c3)nc(C)n2)n1. The van der Waals surface area contributed by atoms with Crippen LogP contribution in [0.4, 0.5) is 11.8 Å². The quantitative estimate of drug-likeness (QED) is 0.616. The molecule has 166 valence electrons. The minimum Gasteiger partial charge on any atom is -0.331 e. The molecule has 0 aromatic carbocycles. The van der Waals surface area contributed by atoms with E-state index in [2.05, 4.69) is 30.4 Å². The third-order valence-electron chi connectivity index (χ3n) is 5.35. The molecule has 3 aromatic heterocycles. The molecule has 1 fully saturated rings. The predicted octanol–water partition coefficient (Wildman–Crippen LogP) is 3.44. The first kappa shape index (κ1) is 21.6. The number of likely N-dealkylation sites (tertiary alicyclic amines) is 1. The molecule has 3 aromatic rings. The van der Waals surface area contributed by atoms with E-state index in [0.717, 1.165) is 41.9 Å². The Morgan fingerprint density at radius 1 is 1.09 bits per heavy atom. The summed E-state index contributed by atoms with van der Waals surface area (Å²) in [5.74, 6) is 1.74. The van der Waals surface area contributed by atoms with E-state index in [4.69, 9.17) is 0 Å². The third kappa shape index (κ3) is 5.16. The largest absolute Gasteiger partial charge is 0.331 e. The van der Waals surface area contributed by atoms with Gasteiger partial charge >= 0.3 is 0 Å². The first-order chi connectivity index (χ1) is 15.4. The molecular weight excluding hydrogens is 404 g/mol. The van der Waals surface area contributed by atoms with E-state index in [9.17, 15) is 4.79 Å². The predicted molar refractivity (Wildman–Crippen MR) is 122 cm³/mol. The molecule has 1 amide bonds. The molecule has 0 radical (unpaired) electrons. The second kappa shape index (κ2) is 9.25. The smallest absolute Gasteiger partial charge is 0.247 e. The van der Waals surface area contributed by atoms with Crippen LogP contribution in [-0.4, -0.2) is 47.1 Å². The van der Waals surface area contributed by atoms with E-state index in [1.165, 1.54) is 0 Å². The molecule has 32 heavy (non-hydrogen) atoms. The van der Waals surface area contributed by atoms with E-state index >= 15 is 0 Å². The minimum atomic E-state index is -0.0998. The fraction of sp³-hybridized carbons (Fsp3) is 0.391. The van der Waals surface area contributed by atoms with Crippen LogP contribution in [0.2, 0.25) is 0 Å². The summed E-state index contributed by atoms with van der Waals surface area (Å²) >= 11 is 0. The molecule has 0 saturated carbocycles. The molecule has 4 rings (SSSR count).